The molecule has 0 bridgehead atoms. The fourth-order valence-electron chi connectivity index (χ4n) is 3.23. The van der Waals surface area contributed by atoms with Gasteiger partial charge < -0.3 is 9.63 Å². The lowest BCUT2D eigenvalue weighted by Crippen LogP contribution is -2.42. The number of nitrogens with one attached hydrogen (secondary N) is 1. The third kappa shape index (κ3) is 3.22. The van der Waals surface area contributed by atoms with Crippen molar-refractivity contribution in [1.82, 2.24) is 20.8 Å². The molecule has 7 nitrogen and oxygen atoms in total. The number of hydrogen-bond acceptors (Lipinski definition) is 7. The number of rotatable bonds is 5. The van der Waals surface area contributed by atoms with Crippen molar-refractivity contribution in [3.63, 3.8) is 0 Å². The fraction of sp³-hybridized carbons (Fsp3) is 0.529. The molecule has 1 aromatic heterocycles. The zero-order chi connectivity index (χ0) is 17.3. The van der Waals surface area contributed by atoms with Crippen LogP contribution in [0.1, 0.15) is 38.1 Å². The summed E-state index contributed by atoms with van der Waals surface area (Å²) in [6.45, 7) is 5.93. The number of hydrazine groups is 2. The maximum absolute atomic E-state index is 11.2. The summed E-state index contributed by atoms with van der Waals surface area (Å²) in [5.41, 5.74) is 5.03. The van der Waals surface area contributed by atoms with Crippen LogP contribution >= 0.6 is 0 Å². The van der Waals surface area contributed by atoms with Crippen molar-refractivity contribution in [3.05, 3.63) is 40.9 Å². The first-order valence-corrected chi connectivity index (χ1v) is 8.27. The van der Waals surface area contributed by atoms with E-state index in [2.05, 4.69) is 21.9 Å². The van der Waals surface area contributed by atoms with Crippen LogP contribution in [0.4, 0.5) is 0 Å². The van der Waals surface area contributed by atoms with Crippen LogP contribution < -0.4 is 5.53 Å². The van der Waals surface area contributed by atoms with Crippen molar-refractivity contribution in [2.75, 3.05) is 7.05 Å². The van der Waals surface area contributed by atoms with E-state index >= 15 is 0 Å². The van der Waals surface area contributed by atoms with Gasteiger partial charge in [0, 0.05) is 25.5 Å². The van der Waals surface area contributed by atoms with Crippen LogP contribution in [-0.4, -0.2) is 39.4 Å². The number of nitrogens with zero attached hydrogens (tertiary/aromatic N) is 4. The molecule has 2 heterocycles. The third-order valence-electron chi connectivity index (χ3n) is 4.72. The SMILES string of the molecule is CC1=CC(N2N=CN(C)N2)=CC(C)C1(O)CCCc1cc(C)no1. The number of aryl methyl sites for hydroxylation is 2. The molecule has 2 aliphatic rings. The van der Waals surface area contributed by atoms with Gasteiger partial charge >= 0.3 is 0 Å². The van der Waals surface area contributed by atoms with Crippen LogP contribution in [-0.2, 0) is 6.42 Å². The summed E-state index contributed by atoms with van der Waals surface area (Å²) in [4.78, 5) is 0. The van der Waals surface area contributed by atoms with Gasteiger partial charge in [0.2, 0.25) is 0 Å². The lowest BCUT2D eigenvalue weighted by atomic mass is 9.75. The van der Waals surface area contributed by atoms with Crippen molar-refractivity contribution in [3.8, 4) is 0 Å². The first-order valence-electron chi connectivity index (χ1n) is 8.27. The maximum Gasteiger partial charge on any atom is 0.136 e. The summed E-state index contributed by atoms with van der Waals surface area (Å²) >= 11 is 0. The molecular formula is C17H25N5O2. The molecule has 130 valence electrons. The van der Waals surface area contributed by atoms with E-state index in [0.29, 0.717) is 6.42 Å². The second kappa shape index (κ2) is 6.41. The lowest BCUT2D eigenvalue weighted by molar-refractivity contribution is 0.0272. The fourth-order valence-corrected chi connectivity index (χ4v) is 3.23. The molecule has 0 spiro atoms. The van der Waals surface area contributed by atoms with Gasteiger partial charge in [-0.2, -0.15) is 5.12 Å². The number of allylic oxidation sites excluding steroid dienone is 1. The minimum Gasteiger partial charge on any atom is -0.385 e. The van der Waals surface area contributed by atoms with E-state index in [1.54, 1.807) is 16.5 Å². The van der Waals surface area contributed by atoms with Crippen molar-refractivity contribution in [1.29, 1.82) is 0 Å². The Morgan fingerprint density at radius 1 is 1.42 bits per heavy atom. The van der Waals surface area contributed by atoms with Gasteiger partial charge in [-0.15, -0.1) is 10.6 Å². The highest BCUT2D eigenvalue weighted by molar-refractivity contribution is 5.55. The quantitative estimate of drug-likeness (QED) is 0.861. The minimum atomic E-state index is -0.839. The average molecular weight is 331 g/mol. The molecular weight excluding hydrogens is 306 g/mol. The Morgan fingerprint density at radius 3 is 2.79 bits per heavy atom. The van der Waals surface area contributed by atoms with Crippen LogP contribution in [0, 0.1) is 12.8 Å². The topological polar surface area (TPSA) is 77.1 Å². The maximum atomic E-state index is 11.2. The largest absolute Gasteiger partial charge is 0.385 e. The molecule has 0 fully saturated rings. The molecule has 2 unspecified atom stereocenters. The smallest absolute Gasteiger partial charge is 0.136 e. The second-order valence-electron chi connectivity index (χ2n) is 6.67. The number of hydrazone groups is 1. The Kier molecular flexibility index (Phi) is 4.47. The zero-order valence-corrected chi connectivity index (χ0v) is 14.7. The van der Waals surface area contributed by atoms with E-state index in [1.165, 1.54) is 0 Å². The van der Waals surface area contributed by atoms with E-state index in [1.807, 2.05) is 40.0 Å². The molecule has 7 heteroatoms. The minimum absolute atomic E-state index is 0.00290. The molecule has 3 rings (SSSR count). The van der Waals surface area contributed by atoms with Crippen LogP contribution in [0.25, 0.3) is 0 Å². The lowest BCUT2D eigenvalue weighted by Gasteiger charge is -2.38. The van der Waals surface area contributed by atoms with Gasteiger partial charge in [0.05, 0.1) is 17.0 Å². The molecule has 0 saturated heterocycles. The molecule has 2 atom stereocenters. The second-order valence-corrected chi connectivity index (χ2v) is 6.67. The molecule has 2 N–H and O–H groups in total. The summed E-state index contributed by atoms with van der Waals surface area (Å²) < 4.78 is 5.24. The van der Waals surface area contributed by atoms with Gasteiger partial charge in [-0.25, -0.2) is 0 Å². The molecule has 1 aromatic rings. The molecule has 0 radical (unpaired) electrons. The standard InChI is InChI=1S/C17H25N5O2/c1-12-8-15(22-18-11-21(4)20-22)9-13(2)17(12,23)7-5-6-16-10-14(3)19-24-16/h8-12,20,23H,5-7H2,1-4H3. The van der Waals surface area contributed by atoms with Gasteiger partial charge in [-0.1, -0.05) is 18.2 Å². The molecule has 1 aliphatic carbocycles. The first-order chi connectivity index (χ1) is 11.4. The summed E-state index contributed by atoms with van der Waals surface area (Å²) in [6.07, 6.45) is 8.04. The summed E-state index contributed by atoms with van der Waals surface area (Å²) in [5.74, 6) is 0.868. The van der Waals surface area contributed by atoms with Gasteiger partial charge in [0.1, 0.15) is 12.1 Å². The highest BCUT2D eigenvalue weighted by atomic mass is 16.5. The number of aliphatic hydroxyl groups is 1. The van der Waals surface area contributed by atoms with E-state index < -0.39 is 5.60 Å². The Hall–Kier alpha value is -2.12. The molecule has 0 aromatic carbocycles. The highest BCUT2D eigenvalue weighted by Gasteiger charge is 2.37. The predicted octanol–water partition coefficient (Wildman–Crippen LogP) is 2.13. The van der Waals surface area contributed by atoms with E-state index in [-0.39, 0.29) is 5.92 Å². The number of aromatic nitrogens is 1. The van der Waals surface area contributed by atoms with Crippen LogP contribution in [0.15, 0.2) is 39.1 Å². The Morgan fingerprint density at radius 2 is 2.21 bits per heavy atom. The molecule has 1 aliphatic heterocycles. The summed E-state index contributed by atoms with van der Waals surface area (Å²) in [5, 5.41) is 22.8. The van der Waals surface area contributed by atoms with Crippen LogP contribution in [0.5, 0.6) is 0 Å². The highest BCUT2D eigenvalue weighted by Crippen LogP contribution is 2.37. The predicted molar refractivity (Wildman–Crippen MR) is 91.4 cm³/mol. The van der Waals surface area contributed by atoms with Crippen molar-refractivity contribution in [2.24, 2.45) is 11.0 Å². The third-order valence-corrected chi connectivity index (χ3v) is 4.72. The number of hydrogen-bond donors (Lipinski definition) is 2. The van der Waals surface area contributed by atoms with Gasteiger partial charge in [0.15, 0.2) is 0 Å². The summed E-state index contributed by atoms with van der Waals surface area (Å²) in [6, 6.07) is 1.95. The van der Waals surface area contributed by atoms with Gasteiger partial charge in [0.25, 0.3) is 0 Å². The van der Waals surface area contributed by atoms with E-state index in [0.717, 1.165) is 35.6 Å². The molecule has 0 saturated carbocycles. The van der Waals surface area contributed by atoms with E-state index in [9.17, 15) is 5.11 Å². The Labute approximate surface area is 142 Å². The average Bonchev–Trinajstić information content (AvgIpc) is 3.13. The van der Waals surface area contributed by atoms with Crippen molar-refractivity contribution >= 4 is 6.34 Å². The van der Waals surface area contributed by atoms with Crippen LogP contribution in [0.3, 0.4) is 0 Å². The van der Waals surface area contributed by atoms with Crippen molar-refractivity contribution < 1.29 is 9.63 Å². The monoisotopic (exact) mass is 331 g/mol. The summed E-state index contributed by atoms with van der Waals surface area (Å²) in [7, 11) is 1.88. The van der Waals surface area contributed by atoms with Gasteiger partial charge in [-0.05, 0) is 38.3 Å². The Bertz CT molecular complexity index is 693. The van der Waals surface area contributed by atoms with E-state index in [4.69, 9.17) is 4.52 Å². The Balaban J connectivity index is 1.64. The van der Waals surface area contributed by atoms with Crippen LogP contribution in [0.2, 0.25) is 0 Å². The zero-order valence-electron chi connectivity index (χ0n) is 14.7. The molecule has 0 amide bonds. The normalized spacial score (nSPS) is 26.8. The molecule has 24 heavy (non-hydrogen) atoms. The van der Waals surface area contributed by atoms with Crippen molar-refractivity contribution in [2.45, 2.75) is 45.6 Å². The van der Waals surface area contributed by atoms with Gasteiger partial charge in [-0.3, -0.25) is 5.01 Å². The first kappa shape index (κ1) is 16.7.